The van der Waals surface area contributed by atoms with E-state index in [-0.39, 0.29) is 0 Å². The highest BCUT2D eigenvalue weighted by Crippen LogP contribution is 2.25. The molecule has 0 atom stereocenters. The van der Waals surface area contributed by atoms with Crippen molar-refractivity contribution in [2.45, 2.75) is 12.8 Å². The van der Waals surface area contributed by atoms with Gasteiger partial charge >= 0.3 is 0 Å². The zero-order valence-electron chi connectivity index (χ0n) is 9.00. The molecule has 2 heteroatoms. The summed E-state index contributed by atoms with van der Waals surface area (Å²) in [4.78, 5) is 0. The lowest BCUT2D eigenvalue weighted by molar-refractivity contribution is 1.30. The van der Waals surface area contributed by atoms with Gasteiger partial charge in [-0.3, -0.25) is 0 Å². The van der Waals surface area contributed by atoms with E-state index >= 15 is 0 Å². The van der Waals surface area contributed by atoms with Crippen LogP contribution in [0.2, 0.25) is 5.02 Å². The molecule has 0 saturated carbocycles. The normalized spacial score (nSPS) is 10.4. The molecule has 0 N–H and O–H groups in total. The van der Waals surface area contributed by atoms with E-state index in [0.717, 1.165) is 10.6 Å². The fourth-order valence-corrected chi connectivity index (χ4v) is 2.18. The van der Waals surface area contributed by atoms with Crippen LogP contribution in [0.3, 0.4) is 0 Å². The molecular formula is C14H12Cl2. The zero-order chi connectivity index (χ0) is 11.5. The SMILES string of the molecule is Cc1cc(-c2cccc(Cl)c2)ccc1CCl. The largest absolute Gasteiger partial charge is 0.122 e. The molecule has 0 nitrogen and oxygen atoms in total. The van der Waals surface area contributed by atoms with Crippen molar-refractivity contribution >= 4 is 23.2 Å². The maximum absolute atomic E-state index is 5.97. The monoisotopic (exact) mass is 250 g/mol. The minimum Gasteiger partial charge on any atom is -0.122 e. The predicted octanol–water partition coefficient (Wildman–Crippen LogP) is 5.05. The van der Waals surface area contributed by atoms with Crippen molar-refractivity contribution in [2.75, 3.05) is 0 Å². The Morgan fingerprint density at radius 1 is 1.00 bits per heavy atom. The van der Waals surface area contributed by atoms with E-state index in [9.17, 15) is 0 Å². The average Bonchev–Trinajstić information content (AvgIpc) is 2.29. The zero-order valence-corrected chi connectivity index (χ0v) is 10.5. The van der Waals surface area contributed by atoms with Gasteiger partial charge < -0.3 is 0 Å². The Hall–Kier alpha value is -0.980. The van der Waals surface area contributed by atoms with Crippen LogP contribution in [0.25, 0.3) is 11.1 Å². The second-order valence-corrected chi connectivity index (χ2v) is 4.49. The average molecular weight is 251 g/mol. The van der Waals surface area contributed by atoms with Crippen molar-refractivity contribution < 1.29 is 0 Å². The fraction of sp³-hybridized carbons (Fsp3) is 0.143. The number of rotatable bonds is 2. The van der Waals surface area contributed by atoms with E-state index in [0.29, 0.717) is 5.88 Å². The third-order valence-electron chi connectivity index (χ3n) is 2.64. The molecule has 0 fully saturated rings. The van der Waals surface area contributed by atoms with Gasteiger partial charge in [-0.05, 0) is 41.3 Å². The van der Waals surface area contributed by atoms with Crippen LogP contribution >= 0.6 is 23.2 Å². The van der Waals surface area contributed by atoms with Crippen molar-refractivity contribution in [3.05, 3.63) is 58.6 Å². The molecule has 0 amide bonds. The van der Waals surface area contributed by atoms with Gasteiger partial charge in [0, 0.05) is 10.9 Å². The molecule has 82 valence electrons. The third-order valence-corrected chi connectivity index (χ3v) is 3.17. The summed E-state index contributed by atoms with van der Waals surface area (Å²) in [5.74, 6) is 0.557. The third kappa shape index (κ3) is 2.40. The Morgan fingerprint density at radius 2 is 1.75 bits per heavy atom. The molecular weight excluding hydrogens is 239 g/mol. The van der Waals surface area contributed by atoms with Gasteiger partial charge in [-0.2, -0.15) is 0 Å². The molecule has 0 aliphatic carbocycles. The quantitative estimate of drug-likeness (QED) is 0.655. The maximum atomic E-state index is 5.97. The molecule has 2 aromatic carbocycles. The second kappa shape index (κ2) is 4.90. The van der Waals surface area contributed by atoms with Crippen molar-refractivity contribution in [1.82, 2.24) is 0 Å². The first-order valence-corrected chi connectivity index (χ1v) is 6.03. The van der Waals surface area contributed by atoms with Crippen LogP contribution in [-0.4, -0.2) is 0 Å². The maximum Gasteiger partial charge on any atom is 0.0476 e. The molecule has 0 aliphatic rings. The number of hydrogen-bond acceptors (Lipinski definition) is 0. The molecule has 0 aliphatic heterocycles. The van der Waals surface area contributed by atoms with Crippen molar-refractivity contribution in [3.63, 3.8) is 0 Å². The minimum atomic E-state index is 0.557. The Kier molecular flexibility index (Phi) is 3.52. The van der Waals surface area contributed by atoms with E-state index in [4.69, 9.17) is 23.2 Å². The van der Waals surface area contributed by atoms with Crippen LogP contribution in [-0.2, 0) is 5.88 Å². The van der Waals surface area contributed by atoms with E-state index in [1.807, 2.05) is 18.2 Å². The summed E-state index contributed by atoms with van der Waals surface area (Å²) in [5.41, 5.74) is 4.70. The van der Waals surface area contributed by atoms with Gasteiger partial charge in [-0.25, -0.2) is 0 Å². The van der Waals surface area contributed by atoms with Crippen LogP contribution < -0.4 is 0 Å². The highest BCUT2D eigenvalue weighted by molar-refractivity contribution is 6.30. The number of hydrogen-bond donors (Lipinski definition) is 0. The van der Waals surface area contributed by atoms with E-state index in [1.165, 1.54) is 16.7 Å². The highest BCUT2D eigenvalue weighted by Gasteiger charge is 2.01. The molecule has 0 bridgehead atoms. The predicted molar refractivity (Wildman–Crippen MR) is 71.2 cm³/mol. The molecule has 2 aromatic rings. The van der Waals surface area contributed by atoms with Crippen molar-refractivity contribution in [3.8, 4) is 11.1 Å². The van der Waals surface area contributed by atoms with Gasteiger partial charge in [-0.15, -0.1) is 11.6 Å². The number of alkyl halides is 1. The lowest BCUT2D eigenvalue weighted by atomic mass is 10.0. The van der Waals surface area contributed by atoms with Gasteiger partial charge in [0.2, 0.25) is 0 Å². The van der Waals surface area contributed by atoms with Gasteiger partial charge in [0.05, 0.1) is 0 Å². The van der Waals surface area contributed by atoms with Crippen LogP contribution in [0.4, 0.5) is 0 Å². The van der Waals surface area contributed by atoms with Gasteiger partial charge in [-0.1, -0.05) is 41.9 Å². The summed E-state index contributed by atoms with van der Waals surface area (Å²) < 4.78 is 0. The summed E-state index contributed by atoms with van der Waals surface area (Å²) in [6.45, 7) is 2.08. The fourth-order valence-electron chi connectivity index (χ4n) is 1.69. The summed E-state index contributed by atoms with van der Waals surface area (Å²) >= 11 is 11.8. The first-order valence-electron chi connectivity index (χ1n) is 5.12. The molecule has 0 aromatic heterocycles. The van der Waals surface area contributed by atoms with Crippen LogP contribution in [0.5, 0.6) is 0 Å². The van der Waals surface area contributed by atoms with Crippen LogP contribution in [0.1, 0.15) is 11.1 Å². The van der Waals surface area contributed by atoms with Crippen LogP contribution in [0.15, 0.2) is 42.5 Å². The standard InChI is InChI=1S/C14H12Cl2/c1-10-7-12(5-6-13(10)9-15)11-3-2-4-14(16)8-11/h2-8H,9H2,1H3. The minimum absolute atomic E-state index is 0.557. The summed E-state index contributed by atoms with van der Waals surface area (Å²) in [5, 5.41) is 0.761. The summed E-state index contributed by atoms with van der Waals surface area (Å²) in [6, 6.07) is 14.2. The Balaban J connectivity index is 2.45. The van der Waals surface area contributed by atoms with Crippen molar-refractivity contribution in [2.24, 2.45) is 0 Å². The summed E-state index contributed by atoms with van der Waals surface area (Å²) in [7, 11) is 0. The Bertz CT molecular complexity index is 504. The van der Waals surface area contributed by atoms with Crippen molar-refractivity contribution in [1.29, 1.82) is 0 Å². The topological polar surface area (TPSA) is 0 Å². The first-order chi connectivity index (χ1) is 7.70. The second-order valence-electron chi connectivity index (χ2n) is 3.79. The molecule has 0 unspecified atom stereocenters. The molecule has 2 rings (SSSR count). The highest BCUT2D eigenvalue weighted by atomic mass is 35.5. The van der Waals surface area contributed by atoms with Gasteiger partial charge in [0.25, 0.3) is 0 Å². The molecule has 0 saturated heterocycles. The number of halogens is 2. The lowest BCUT2D eigenvalue weighted by Gasteiger charge is -2.06. The van der Waals surface area contributed by atoms with E-state index in [1.54, 1.807) is 0 Å². The van der Waals surface area contributed by atoms with Gasteiger partial charge in [0.1, 0.15) is 0 Å². The number of benzene rings is 2. The molecule has 0 spiro atoms. The van der Waals surface area contributed by atoms with E-state index in [2.05, 4.69) is 31.2 Å². The van der Waals surface area contributed by atoms with Crippen LogP contribution in [0, 0.1) is 6.92 Å². The lowest BCUT2D eigenvalue weighted by Crippen LogP contribution is -1.86. The first kappa shape index (κ1) is 11.5. The molecule has 0 heterocycles. The smallest absolute Gasteiger partial charge is 0.0476 e. The van der Waals surface area contributed by atoms with E-state index < -0.39 is 0 Å². The van der Waals surface area contributed by atoms with Gasteiger partial charge in [0.15, 0.2) is 0 Å². The Morgan fingerprint density at radius 3 is 2.38 bits per heavy atom. The molecule has 16 heavy (non-hydrogen) atoms. The summed E-state index contributed by atoms with van der Waals surface area (Å²) in [6.07, 6.45) is 0. The Labute approximate surface area is 106 Å². The molecule has 0 radical (unpaired) electrons. The number of aryl methyl sites for hydroxylation is 1.